The average Bonchev–Trinajstić information content (AvgIpc) is 3.05. The number of hydrogen-bond acceptors (Lipinski definition) is 3. The number of aryl methyl sites for hydroxylation is 1. The van der Waals surface area contributed by atoms with Crippen molar-refractivity contribution in [3.8, 4) is 17.1 Å². The van der Waals surface area contributed by atoms with Crippen molar-refractivity contribution >= 4 is 23.2 Å². The second kappa shape index (κ2) is 6.81. The monoisotopic (exact) mass is 341 g/mol. The fourth-order valence-corrected chi connectivity index (χ4v) is 2.60. The standard InChI is InChI=1S/C19H16ClNO3/c1-12-7-8-17(23-2)15(11-12)21-19(22)18-10-9-16(24-18)13-5-3-4-6-14(13)20/h3-11H,1-2H3,(H,21,22). The van der Waals surface area contributed by atoms with Gasteiger partial charge in [0.1, 0.15) is 11.5 Å². The first-order valence-electron chi connectivity index (χ1n) is 7.39. The Morgan fingerprint density at radius 1 is 1.12 bits per heavy atom. The zero-order valence-corrected chi connectivity index (χ0v) is 14.1. The van der Waals surface area contributed by atoms with Crippen LogP contribution in [-0.2, 0) is 0 Å². The van der Waals surface area contributed by atoms with Crippen molar-refractivity contribution in [2.75, 3.05) is 12.4 Å². The highest BCUT2D eigenvalue weighted by atomic mass is 35.5. The summed E-state index contributed by atoms with van der Waals surface area (Å²) in [7, 11) is 1.56. The third-order valence-corrected chi connectivity index (χ3v) is 3.90. The Labute approximate surface area is 145 Å². The summed E-state index contributed by atoms with van der Waals surface area (Å²) < 4.78 is 10.9. The Hall–Kier alpha value is -2.72. The molecule has 0 radical (unpaired) electrons. The molecule has 1 aromatic heterocycles. The van der Waals surface area contributed by atoms with Crippen LogP contribution < -0.4 is 10.1 Å². The molecule has 1 N–H and O–H groups in total. The molecule has 0 saturated carbocycles. The van der Waals surface area contributed by atoms with Crippen molar-refractivity contribution in [2.24, 2.45) is 0 Å². The summed E-state index contributed by atoms with van der Waals surface area (Å²) in [6.07, 6.45) is 0. The van der Waals surface area contributed by atoms with Gasteiger partial charge in [0.25, 0.3) is 5.91 Å². The molecule has 122 valence electrons. The van der Waals surface area contributed by atoms with E-state index in [1.165, 1.54) is 0 Å². The van der Waals surface area contributed by atoms with Gasteiger partial charge in [0, 0.05) is 5.56 Å². The SMILES string of the molecule is COc1ccc(C)cc1NC(=O)c1ccc(-c2ccccc2Cl)o1. The fourth-order valence-electron chi connectivity index (χ4n) is 2.37. The van der Waals surface area contributed by atoms with E-state index in [0.29, 0.717) is 22.2 Å². The van der Waals surface area contributed by atoms with Gasteiger partial charge < -0.3 is 14.5 Å². The predicted octanol–water partition coefficient (Wildman–Crippen LogP) is 5.17. The maximum atomic E-state index is 12.4. The molecule has 3 aromatic rings. The summed E-state index contributed by atoms with van der Waals surface area (Å²) in [6.45, 7) is 1.94. The molecule has 0 unspecified atom stereocenters. The van der Waals surface area contributed by atoms with Crippen LogP contribution in [0.15, 0.2) is 59.0 Å². The Kier molecular flexibility index (Phi) is 4.58. The normalized spacial score (nSPS) is 10.5. The van der Waals surface area contributed by atoms with Crippen LogP contribution in [0, 0.1) is 6.92 Å². The number of carbonyl (C=O) groups excluding carboxylic acids is 1. The van der Waals surface area contributed by atoms with E-state index in [4.69, 9.17) is 20.8 Å². The van der Waals surface area contributed by atoms with Crippen LogP contribution in [0.25, 0.3) is 11.3 Å². The van der Waals surface area contributed by atoms with Crippen molar-refractivity contribution in [1.82, 2.24) is 0 Å². The van der Waals surface area contributed by atoms with E-state index in [1.807, 2.05) is 43.3 Å². The van der Waals surface area contributed by atoms with Gasteiger partial charge in [-0.3, -0.25) is 4.79 Å². The number of nitrogens with one attached hydrogen (secondary N) is 1. The predicted molar refractivity (Wildman–Crippen MR) is 94.8 cm³/mol. The molecule has 1 heterocycles. The Balaban J connectivity index is 1.85. The lowest BCUT2D eigenvalue weighted by Crippen LogP contribution is -2.11. The number of carbonyl (C=O) groups is 1. The van der Waals surface area contributed by atoms with E-state index < -0.39 is 0 Å². The first-order valence-corrected chi connectivity index (χ1v) is 7.77. The molecule has 0 aliphatic rings. The molecule has 0 aliphatic carbocycles. The maximum Gasteiger partial charge on any atom is 0.291 e. The third kappa shape index (κ3) is 3.29. The van der Waals surface area contributed by atoms with E-state index in [1.54, 1.807) is 25.3 Å². The summed E-state index contributed by atoms with van der Waals surface area (Å²) in [5, 5.41) is 3.38. The van der Waals surface area contributed by atoms with Crippen molar-refractivity contribution < 1.29 is 13.9 Å². The van der Waals surface area contributed by atoms with E-state index in [9.17, 15) is 4.79 Å². The molecule has 5 heteroatoms. The molecule has 0 aliphatic heterocycles. The molecule has 0 fully saturated rings. The smallest absolute Gasteiger partial charge is 0.291 e. The molecule has 4 nitrogen and oxygen atoms in total. The first-order chi connectivity index (χ1) is 11.6. The number of anilines is 1. The average molecular weight is 342 g/mol. The first kappa shape index (κ1) is 16.1. The number of amides is 1. The summed E-state index contributed by atoms with van der Waals surface area (Å²) >= 11 is 6.16. The van der Waals surface area contributed by atoms with Crippen LogP contribution in [0.2, 0.25) is 5.02 Å². The molecule has 2 aromatic carbocycles. The fraction of sp³-hybridized carbons (Fsp3) is 0.105. The second-order valence-electron chi connectivity index (χ2n) is 5.30. The lowest BCUT2D eigenvalue weighted by atomic mass is 10.2. The third-order valence-electron chi connectivity index (χ3n) is 3.57. The van der Waals surface area contributed by atoms with Gasteiger partial charge in [-0.1, -0.05) is 29.8 Å². The minimum Gasteiger partial charge on any atom is -0.495 e. The maximum absolute atomic E-state index is 12.4. The highest BCUT2D eigenvalue weighted by Gasteiger charge is 2.15. The van der Waals surface area contributed by atoms with Crippen LogP contribution in [-0.4, -0.2) is 13.0 Å². The van der Waals surface area contributed by atoms with Crippen LogP contribution in [0.5, 0.6) is 5.75 Å². The van der Waals surface area contributed by atoms with Gasteiger partial charge in [-0.05, 0) is 48.9 Å². The molecular formula is C19H16ClNO3. The summed E-state index contributed by atoms with van der Waals surface area (Å²) in [4.78, 5) is 12.4. The zero-order valence-electron chi connectivity index (χ0n) is 13.3. The molecule has 0 atom stereocenters. The highest BCUT2D eigenvalue weighted by Crippen LogP contribution is 2.30. The topological polar surface area (TPSA) is 51.5 Å². The van der Waals surface area contributed by atoms with E-state index >= 15 is 0 Å². The van der Waals surface area contributed by atoms with Gasteiger partial charge >= 0.3 is 0 Å². The number of benzene rings is 2. The molecule has 24 heavy (non-hydrogen) atoms. The molecule has 1 amide bonds. The van der Waals surface area contributed by atoms with Crippen molar-refractivity contribution in [1.29, 1.82) is 0 Å². The number of furan rings is 1. The van der Waals surface area contributed by atoms with Crippen LogP contribution >= 0.6 is 11.6 Å². The van der Waals surface area contributed by atoms with E-state index in [0.717, 1.165) is 11.1 Å². The Bertz CT molecular complexity index is 886. The molecule has 0 bridgehead atoms. The second-order valence-corrected chi connectivity index (χ2v) is 5.71. The number of halogens is 1. The van der Waals surface area contributed by atoms with Gasteiger partial charge in [0.05, 0.1) is 17.8 Å². The van der Waals surface area contributed by atoms with Crippen LogP contribution in [0.3, 0.4) is 0 Å². The number of rotatable bonds is 4. The van der Waals surface area contributed by atoms with Crippen molar-refractivity contribution in [2.45, 2.75) is 6.92 Å². The van der Waals surface area contributed by atoms with Crippen LogP contribution in [0.1, 0.15) is 16.1 Å². The zero-order chi connectivity index (χ0) is 17.1. The highest BCUT2D eigenvalue weighted by molar-refractivity contribution is 6.33. The van der Waals surface area contributed by atoms with Crippen molar-refractivity contribution in [3.05, 3.63) is 70.9 Å². The largest absolute Gasteiger partial charge is 0.495 e. The quantitative estimate of drug-likeness (QED) is 0.712. The van der Waals surface area contributed by atoms with Gasteiger partial charge in [0.2, 0.25) is 0 Å². The Morgan fingerprint density at radius 2 is 1.92 bits per heavy atom. The lowest BCUT2D eigenvalue weighted by Gasteiger charge is -2.10. The Morgan fingerprint density at radius 3 is 2.67 bits per heavy atom. The van der Waals surface area contributed by atoms with E-state index in [2.05, 4.69) is 5.32 Å². The summed E-state index contributed by atoms with van der Waals surface area (Å²) in [5.41, 5.74) is 2.35. The molecule has 0 spiro atoms. The minimum absolute atomic E-state index is 0.202. The van der Waals surface area contributed by atoms with Gasteiger partial charge in [-0.2, -0.15) is 0 Å². The van der Waals surface area contributed by atoms with Crippen LogP contribution in [0.4, 0.5) is 5.69 Å². The number of hydrogen-bond donors (Lipinski definition) is 1. The molecule has 0 saturated heterocycles. The van der Waals surface area contributed by atoms with Crippen molar-refractivity contribution in [3.63, 3.8) is 0 Å². The molecule has 3 rings (SSSR count). The van der Waals surface area contributed by atoms with Gasteiger partial charge in [0.15, 0.2) is 5.76 Å². The van der Waals surface area contributed by atoms with Gasteiger partial charge in [-0.15, -0.1) is 0 Å². The van der Waals surface area contributed by atoms with Gasteiger partial charge in [-0.25, -0.2) is 0 Å². The molecular weight excluding hydrogens is 326 g/mol. The lowest BCUT2D eigenvalue weighted by molar-refractivity contribution is 0.0997. The summed E-state index contributed by atoms with van der Waals surface area (Å²) in [5.74, 6) is 0.986. The summed E-state index contributed by atoms with van der Waals surface area (Å²) in [6, 6.07) is 16.2. The number of ether oxygens (including phenoxy) is 1. The number of methoxy groups -OCH3 is 1. The minimum atomic E-state index is -0.350. The van der Waals surface area contributed by atoms with E-state index in [-0.39, 0.29) is 11.7 Å².